The van der Waals surface area contributed by atoms with Crippen molar-refractivity contribution in [3.8, 4) is 5.75 Å². The first-order valence-corrected chi connectivity index (χ1v) is 7.61. The molecule has 0 aliphatic heterocycles. The summed E-state index contributed by atoms with van der Waals surface area (Å²) in [7, 11) is 0. The highest BCUT2D eigenvalue weighted by molar-refractivity contribution is 5.91. The van der Waals surface area contributed by atoms with Crippen molar-refractivity contribution in [3.05, 3.63) is 63.5 Å². The maximum atomic E-state index is 13.1. The molecule has 0 bridgehead atoms. The molecule has 156 valence electrons. The number of anilines is 1. The van der Waals surface area contributed by atoms with Gasteiger partial charge in [0.15, 0.2) is 0 Å². The Morgan fingerprint density at radius 1 is 1.17 bits per heavy atom. The fourth-order valence-corrected chi connectivity index (χ4v) is 2.24. The second kappa shape index (κ2) is 8.67. The van der Waals surface area contributed by atoms with Crippen LogP contribution in [-0.2, 0) is 12.7 Å². The Balaban J connectivity index is 2.18. The van der Waals surface area contributed by atoms with Crippen molar-refractivity contribution in [1.82, 2.24) is 5.32 Å². The topological polar surface area (TPSA) is 93.5 Å². The molecule has 29 heavy (non-hydrogen) atoms. The standard InChI is InChI=1S/C16H11F6N3O4/c17-9-2-1-8(11(5-9)16(20,21)22)7-23-15(26)24-12-6-10(25(27)28)3-4-13(12)29-14(18)19/h1-6,14H,7H2,(H2,23,24,26). The zero-order valence-electron chi connectivity index (χ0n) is 14.1. The number of nitrogens with zero attached hydrogens (tertiary/aromatic N) is 1. The summed E-state index contributed by atoms with van der Waals surface area (Å²) in [5.74, 6) is -1.73. The summed E-state index contributed by atoms with van der Waals surface area (Å²) in [5, 5.41) is 14.8. The van der Waals surface area contributed by atoms with Gasteiger partial charge in [-0.1, -0.05) is 6.07 Å². The van der Waals surface area contributed by atoms with Crippen LogP contribution in [0, 0.1) is 15.9 Å². The maximum absolute atomic E-state index is 13.1. The lowest BCUT2D eigenvalue weighted by Gasteiger charge is -2.15. The molecule has 0 spiro atoms. The number of non-ortho nitro benzene ring substituents is 1. The summed E-state index contributed by atoms with van der Waals surface area (Å²) >= 11 is 0. The molecule has 0 heterocycles. The van der Waals surface area contributed by atoms with E-state index in [9.17, 15) is 41.3 Å². The number of alkyl halides is 5. The average molecular weight is 423 g/mol. The number of benzene rings is 2. The number of hydrogen-bond donors (Lipinski definition) is 2. The van der Waals surface area contributed by atoms with Gasteiger partial charge in [-0.2, -0.15) is 22.0 Å². The van der Waals surface area contributed by atoms with Crippen LogP contribution in [0.4, 0.5) is 42.5 Å². The van der Waals surface area contributed by atoms with Gasteiger partial charge in [-0.05, 0) is 23.8 Å². The molecule has 2 N–H and O–H groups in total. The number of halogens is 6. The third-order valence-electron chi connectivity index (χ3n) is 3.45. The predicted molar refractivity (Wildman–Crippen MR) is 87.0 cm³/mol. The molecule has 2 amide bonds. The molecule has 0 aliphatic carbocycles. The van der Waals surface area contributed by atoms with E-state index in [-0.39, 0.29) is 6.07 Å². The summed E-state index contributed by atoms with van der Waals surface area (Å²) in [6, 6.07) is 3.08. The molecule has 2 aromatic carbocycles. The SMILES string of the molecule is O=C(NCc1ccc(F)cc1C(F)(F)F)Nc1cc([N+](=O)[O-])ccc1OC(F)F. The molecule has 0 radical (unpaired) electrons. The first kappa shape index (κ1) is 21.8. The van der Waals surface area contributed by atoms with E-state index in [1.807, 2.05) is 10.6 Å². The lowest BCUT2D eigenvalue weighted by molar-refractivity contribution is -0.384. The van der Waals surface area contributed by atoms with Crippen LogP contribution in [0.2, 0.25) is 0 Å². The second-order valence-electron chi connectivity index (χ2n) is 5.42. The zero-order chi connectivity index (χ0) is 21.8. The van der Waals surface area contributed by atoms with Gasteiger partial charge in [-0.3, -0.25) is 10.1 Å². The van der Waals surface area contributed by atoms with Crippen molar-refractivity contribution in [1.29, 1.82) is 0 Å². The van der Waals surface area contributed by atoms with Crippen molar-refractivity contribution in [3.63, 3.8) is 0 Å². The van der Waals surface area contributed by atoms with E-state index >= 15 is 0 Å². The third kappa shape index (κ3) is 5.99. The number of hydrogen-bond acceptors (Lipinski definition) is 4. The number of amides is 2. The Hall–Kier alpha value is -3.51. The van der Waals surface area contributed by atoms with Crippen LogP contribution in [0.5, 0.6) is 5.75 Å². The molecule has 0 fully saturated rings. The molecule has 13 heteroatoms. The van der Waals surface area contributed by atoms with E-state index in [1.54, 1.807) is 0 Å². The van der Waals surface area contributed by atoms with Crippen molar-refractivity contribution >= 4 is 17.4 Å². The maximum Gasteiger partial charge on any atom is 0.416 e. The molecular weight excluding hydrogens is 412 g/mol. The fraction of sp³-hybridized carbons (Fsp3) is 0.188. The van der Waals surface area contributed by atoms with Crippen LogP contribution < -0.4 is 15.4 Å². The number of ether oxygens (including phenoxy) is 1. The number of nitrogens with one attached hydrogen (secondary N) is 2. The minimum atomic E-state index is -4.88. The van der Waals surface area contributed by atoms with Gasteiger partial charge < -0.3 is 15.4 Å². The van der Waals surface area contributed by atoms with Gasteiger partial charge in [0.2, 0.25) is 0 Å². The van der Waals surface area contributed by atoms with E-state index in [0.717, 1.165) is 30.3 Å². The van der Waals surface area contributed by atoms with E-state index in [1.165, 1.54) is 0 Å². The molecule has 7 nitrogen and oxygen atoms in total. The van der Waals surface area contributed by atoms with Crippen molar-refractivity contribution in [2.24, 2.45) is 0 Å². The third-order valence-corrected chi connectivity index (χ3v) is 3.45. The van der Waals surface area contributed by atoms with Crippen LogP contribution in [0.1, 0.15) is 11.1 Å². The van der Waals surface area contributed by atoms with Gasteiger partial charge in [-0.25, -0.2) is 9.18 Å². The minimum absolute atomic E-state index is 0.254. The molecule has 0 saturated carbocycles. The average Bonchev–Trinajstić information content (AvgIpc) is 2.60. The number of nitro benzene ring substituents is 1. The molecule has 0 aromatic heterocycles. The van der Waals surface area contributed by atoms with E-state index in [0.29, 0.717) is 0 Å². The predicted octanol–water partition coefficient (Wildman–Crippen LogP) is 4.68. The summed E-state index contributed by atoms with van der Waals surface area (Å²) in [4.78, 5) is 21.9. The molecule has 0 saturated heterocycles. The highest BCUT2D eigenvalue weighted by atomic mass is 19.4. The lowest BCUT2D eigenvalue weighted by Crippen LogP contribution is -2.29. The fourth-order valence-electron chi connectivity index (χ4n) is 2.24. The minimum Gasteiger partial charge on any atom is -0.433 e. The molecular formula is C16H11F6N3O4. The van der Waals surface area contributed by atoms with Crippen LogP contribution in [0.3, 0.4) is 0 Å². The molecule has 0 atom stereocenters. The smallest absolute Gasteiger partial charge is 0.416 e. The Kier molecular flexibility index (Phi) is 6.51. The molecule has 2 aromatic rings. The summed E-state index contributed by atoms with van der Waals surface area (Å²) < 4.78 is 80.9. The van der Waals surface area contributed by atoms with Gasteiger partial charge in [0.1, 0.15) is 11.6 Å². The van der Waals surface area contributed by atoms with E-state index < -0.39 is 64.4 Å². The summed E-state index contributed by atoms with van der Waals surface area (Å²) in [5.41, 5.74) is -2.83. The van der Waals surface area contributed by atoms with Gasteiger partial charge in [0, 0.05) is 18.7 Å². The van der Waals surface area contributed by atoms with Crippen molar-refractivity contribution < 1.29 is 40.8 Å². The largest absolute Gasteiger partial charge is 0.433 e. The van der Waals surface area contributed by atoms with Gasteiger partial charge in [-0.15, -0.1) is 0 Å². The normalized spacial score (nSPS) is 11.3. The zero-order valence-corrected chi connectivity index (χ0v) is 14.1. The Morgan fingerprint density at radius 2 is 1.86 bits per heavy atom. The van der Waals surface area contributed by atoms with Crippen LogP contribution in [0.15, 0.2) is 36.4 Å². The summed E-state index contributed by atoms with van der Waals surface area (Å²) in [6.07, 6.45) is -4.88. The molecule has 2 rings (SSSR count). The highest BCUT2D eigenvalue weighted by Gasteiger charge is 2.33. The molecule has 0 unspecified atom stereocenters. The van der Waals surface area contributed by atoms with Gasteiger partial charge in [0.25, 0.3) is 5.69 Å². The summed E-state index contributed by atoms with van der Waals surface area (Å²) in [6.45, 7) is -3.99. The van der Waals surface area contributed by atoms with Crippen LogP contribution in [-0.4, -0.2) is 17.6 Å². The first-order valence-electron chi connectivity index (χ1n) is 7.61. The lowest BCUT2D eigenvalue weighted by atomic mass is 10.1. The van der Waals surface area contributed by atoms with Gasteiger partial charge >= 0.3 is 18.8 Å². The number of carbonyl (C=O) groups excluding carboxylic acids is 1. The van der Waals surface area contributed by atoms with E-state index in [2.05, 4.69) is 4.74 Å². The van der Waals surface area contributed by atoms with Crippen molar-refractivity contribution in [2.45, 2.75) is 19.3 Å². The van der Waals surface area contributed by atoms with Crippen LogP contribution in [0.25, 0.3) is 0 Å². The number of carbonyl (C=O) groups is 1. The number of urea groups is 1. The second-order valence-corrected chi connectivity index (χ2v) is 5.42. The number of rotatable bonds is 6. The Bertz CT molecular complexity index is 920. The Labute approximate surface area is 158 Å². The van der Waals surface area contributed by atoms with E-state index in [4.69, 9.17) is 0 Å². The van der Waals surface area contributed by atoms with Gasteiger partial charge in [0.05, 0.1) is 16.2 Å². The first-order chi connectivity index (χ1) is 13.5. The Morgan fingerprint density at radius 3 is 2.45 bits per heavy atom. The monoisotopic (exact) mass is 423 g/mol. The number of nitro groups is 1. The van der Waals surface area contributed by atoms with Crippen LogP contribution >= 0.6 is 0 Å². The van der Waals surface area contributed by atoms with Crippen molar-refractivity contribution in [2.75, 3.05) is 5.32 Å². The molecule has 0 aliphatic rings. The highest BCUT2D eigenvalue weighted by Crippen LogP contribution is 2.33. The quantitative estimate of drug-likeness (QED) is 0.401.